The van der Waals surface area contributed by atoms with Crippen LogP contribution in [0.4, 0.5) is 0 Å². The maximum absolute atomic E-state index is 14.5. The predicted octanol–water partition coefficient (Wildman–Crippen LogP) is 14.7. The van der Waals surface area contributed by atoms with Gasteiger partial charge >= 0.3 is 7.12 Å². The molecule has 0 amide bonds. The molecule has 6 aromatic rings. The zero-order valence-corrected chi connectivity index (χ0v) is 41.0. The second-order valence-corrected chi connectivity index (χ2v) is 22.5. The van der Waals surface area contributed by atoms with Crippen molar-refractivity contribution >= 4 is 61.1 Å². The molecule has 1 aromatic heterocycles. The maximum atomic E-state index is 14.5. The summed E-state index contributed by atoms with van der Waals surface area (Å²) in [6, 6.07) is 29.6. The van der Waals surface area contributed by atoms with Crippen molar-refractivity contribution in [3.63, 3.8) is 0 Å². The molecule has 0 atom stereocenters. The quantitative estimate of drug-likeness (QED) is 0.0668. The van der Waals surface area contributed by atoms with Crippen molar-refractivity contribution in [2.45, 2.75) is 158 Å². The van der Waals surface area contributed by atoms with Crippen LogP contribution in [0.5, 0.6) is 0 Å². The van der Waals surface area contributed by atoms with E-state index in [1.165, 1.54) is 86.5 Å². The second kappa shape index (κ2) is 17.6. The largest absolute Gasteiger partial charge is 0.494 e. The van der Waals surface area contributed by atoms with E-state index >= 15 is 0 Å². The minimum absolute atomic E-state index is 0.184. The molecule has 0 bridgehead atoms. The summed E-state index contributed by atoms with van der Waals surface area (Å²) in [5.41, 5.74) is 12.1. The Hall–Kier alpha value is -3.67. The highest BCUT2D eigenvalue weighted by molar-refractivity contribution is 9.10. The summed E-state index contributed by atoms with van der Waals surface area (Å²) in [7, 11) is -4.23. The number of benzene rings is 5. The number of hydrogen-bond donors (Lipinski definition) is 0. The molecule has 10 heteroatoms. The third kappa shape index (κ3) is 7.98. The Balaban J connectivity index is 1.10. The van der Waals surface area contributed by atoms with Gasteiger partial charge < -0.3 is 9.31 Å². The van der Waals surface area contributed by atoms with Crippen LogP contribution in [-0.2, 0) is 24.6 Å². The minimum atomic E-state index is -3.79. The van der Waals surface area contributed by atoms with E-state index in [9.17, 15) is 8.42 Å². The number of hydrogen-bond acceptors (Lipinski definition) is 7. The van der Waals surface area contributed by atoms with E-state index in [1.54, 1.807) is 0 Å². The Morgan fingerprint density at radius 3 is 1.65 bits per heavy atom. The smallest absolute Gasteiger partial charge is 0.399 e. The van der Waals surface area contributed by atoms with Crippen LogP contribution in [0.3, 0.4) is 0 Å². The summed E-state index contributed by atoms with van der Waals surface area (Å²) in [5, 5.41) is 0. The van der Waals surface area contributed by atoms with Crippen molar-refractivity contribution in [3.05, 3.63) is 101 Å². The Kier molecular flexibility index (Phi) is 12.5. The second-order valence-electron chi connectivity index (χ2n) is 19.3. The van der Waals surface area contributed by atoms with Crippen LogP contribution >= 0.6 is 27.7 Å². The van der Waals surface area contributed by atoms with Gasteiger partial charge in [0.2, 0.25) is 9.84 Å². The molecule has 6 nitrogen and oxygen atoms in total. The van der Waals surface area contributed by atoms with Crippen LogP contribution in [-0.4, -0.2) is 35.5 Å². The van der Waals surface area contributed by atoms with Gasteiger partial charge in [-0.3, -0.25) is 0 Å². The number of fused-ring (bicyclic) bond motifs is 7. The molecule has 1 fully saturated rings. The first kappa shape index (κ1) is 44.5. The van der Waals surface area contributed by atoms with Gasteiger partial charge in [-0.2, -0.15) is 8.75 Å². The van der Waals surface area contributed by atoms with E-state index in [4.69, 9.17) is 9.31 Å². The molecular weight excluding hydrogens is 883 g/mol. The SMILES string of the molecule is CCCCCCCCC1(CCCCCCCC)c2cc(B3OC(C)(C)C(C)(C)O3)ccc2-c2ccc(-c3ccc4c(c3)S(=O)(=O)c3cc(-c5ccc(Br)c6nsnc56)ccc3-4)cc21. The Labute approximate surface area is 388 Å². The first-order chi connectivity index (χ1) is 30.3. The summed E-state index contributed by atoms with van der Waals surface area (Å²) >= 11 is 4.75. The Bertz CT molecular complexity index is 2770. The highest BCUT2D eigenvalue weighted by Crippen LogP contribution is 2.55. The standard InChI is InChI=1S/C53H60BBrN2O4S2/c1-7-9-11-13-15-17-29-53(30-18-16-14-12-10-8-2)44-31-35(19-23-40(44)41-26-22-38(34-45(41)53)54-60-51(3,4)52(5,6)61-54)36-20-24-42-43-25-21-37(33-48(43)63(58,59)47(42)32-36)39-27-28-46(55)50-49(39)56-62-57-50/h19-28,31-34H,7-18,29-30H2,1-6H3. The lowest BCUT2D eigenvalue weighted by atomic mass is 9.68. The van der Waals surface area contributed by atoms with Gasteiger partial charge in [0.1, 0.15) is 11.0 Å². The summed E-state index contributed by atoms with van der Waals surface area (Å²) < 4.78 is 52.3. The molecule has 1 saturated heterocycles. The van der Waals surface area contributed by atoms with E-state index < -0.39 is 28.2 Å². The number of nitrogens with zero attached hydrogens (tertiary/aromatic N) is 2. The fraction of sp³-hybridized carbons (Fsp3) is 0.434. The van der Waals surface area contributed by atoms with Gasteiger partial charge in [-0.05, 0) is 125 Å². The van der Waals surface area contributed by atoms with Gasteiger partial charge in [0.25, 0.3) is 0 Å². The minimum Gasteiger partial charge on any atom is -0.399 e. The molecule has 0 N–H and O–H groups in total. The summed E-state index contributed by atoms with van der Waals surface area (Å²) in [6.45, 7) is 13.1. The topological polar surface area (TPSA) is 78.4 Å². The molecule has 9 rings (SSSR count). The molecule has 0 saturated carbocycles. The molecular formula is C53H60BBrN2O4S2. The van der Waals surface area contributed by atoms with Gasteiger partial charge in [-0.1, -0.05) is 152 Å². The molecule has 0 radical (unpaired) electrons. The van der Waals surface area contributed by atoms with Crippen LogP contribution in [0.15, 0.2) is 99.2 Å². The van der Waals surface area contributed by atoms with E-state index in [2.05, 4.69) is 109 Å². The molecule has 0 spiro atoms. The fourth-order valence-electron chi connectivity index (χ4n) is 10.4. The number of halogens is 1. The van der Waals surface area contributed by atoms with Crippen LogP contribution in [0.25, 0.3) is 55.5 Å². The van der Waals surface area contributed by atoms with Crippen LogP contribution < -0.4 is 5.46 Å². The van der Waals surface area contributed by atoms with Gasteiger partial charge in [0.05, 0.1) is 32.7 Å². The third-order valence-corrected chi connectivity index (χ3v) is 17.7. The average Bonchev–Trinajstić information content (AvgIpc) is 3.98. The van der Waals surface area contributed by atoms with Gasteiger partial charge in [0.15, 0.2) is 0 Å². The molecule has 3 aliphatic rings. The summed E-state index contributed by atoms with van der Waals surface area (Å²) in [4.78, 5) is 0.704. The predicted molar refractivity (Wildman–Crippen MR) is 265 cm³/mol. The van der Waals surface area contributed by atoms with Crippen molar-refractivity contribution in [2.24, 2.45) is 0 Å². The van der Waals surface area contributed by atoms with Crippen molar-refractivity contribution in [2.75, 3.05) is 0 Å². The number of unbranched alkanes of at least 4 members (excludes halogenated alkanes) is 10. The summed E-state index contributed by atoms with van der Waals surface area (Å²) in [5.74, 6) is 0. The normalized spacial score (nSPS) is 17.2. The van der Waals surface area contributed by atoms with E-state index in [-0.39, 0.29) is 5.41 Å². The van der Waals surface area contributed by atoms with Crippen molar-refractivity contribution in [3.8, 4) is 44.5 Å². The first-order valence-corrected chi connectivity index (χ1v) is 26.4. The van der Waals surface area contributed by atoms with Gasteiger partial charge in [-0.15, -0.1) is 0 Å². The Morgan fingerprint density at radius 2 is 1.03 bits per heavy atom. The highest BCUT2D eigenvalue weighted by Gasteiger charge is 2.52. The number of rotatable bonds is 17. The van der Waals surface area contributed by atoms with Gasteiger partial charge in [-0.25, -0.2) is 8.42 Å². The van der Waals surface area contributed by atoms with Crippen LogP contribution in [0, 0.1) is 0 Å². The van der Waals surface area contributed by atoms with E-state index in [1.807, 2.05) is 42.5 Å². The lowest BCUT2D eigenvalue weighted by molar-refractivity contribution is 0.00578. The number of sulfone groups is 1. The van der Waals surface area contributed by atoms with Crippen molar-refractivity contribution in [1.82, 2.24) is 8.75 Å². The monoisotopic (exact) mass is 942 g/mol. The summed E-state index contributed by atoms with van der Waals surface area (Å²) in [6.07, 6.45) is 17.1. The molecule has 3 heterocycles. The maximum Gasteiger partial charge on any atom is 0.494 e. The lowest BCUT2D eigenvalue weighted by Gasteiger charge is -2.33. The first-order valence-electron chi connectivity index (χ1n) is 23.4. The molecule has 0 unspecified atom stereocenters. The van der Waals surface area contributed by atoms with Crippen LogP contribution in [0.2, 0.25) is 0 Å². The zero-order valence-electron chi connectivity index (χ0n) is 37.8. The van der Waals surface area contributed by atoms with Crippen LogP contribution in [0.1, 0.15) is 143 Å². The van der Waals surface area contributed by atoms with E-state index in [0.717, 1.165) is 91.8 Å². The third-order valence-electron chi connectivity index (χ3n) is 14.7. The lowest BCUT2D eigenvalue weighted by Crippen LogP contribution is -2.41. The number of aromatic nitrogens is 2. The van der Waals surface area contributed by atoms with Crippen molar-refractivity contribution in [1.29, 1.82) is 0 Å². The molecule has 2 aliphatic heterocycles. The molecule has 5 aromatic carbocycles. The van der Waals surface area contributed by atoms with E-state index in [0.29, 0.717) is 9.79 Å². The Morgan fingerprint density at radius 1 is 0.556 bits per heavy atom. The highest BCUT2D eigenvalue weighted by atomic mass is 79.9. The molecule has 1 aliphatic carbocycles. The fourth-order valence-corrected chi connectivity index (χ4v) is 13.2. The molecule has 328 valence electrons. The zero-order chi connectivity index (χ0) is 44.1. The van der Waals surface area contributed by atoms with Crippen molar-refractivity contribution < 1.29 is 17.7 Å². The van der Waals surface area contributed by atoms with Gasteiger partial charge in [0, 0.05) is 26.6 Å². The molecule has 63 heavy (non-hydrogen) atoms. The average molecular weight is 944 g/mol.